The van der Waals surface area contributed by atoms with Crippen LogP contribution in [0.15, 0.2) is 4.99 Å². The summed E-state index contributed by atoms with van der Waals surface area (Å²) in [7, 11) is 0. The third-order valence-electron chi connectivity index (χ3n) is 0.141. The number of hydrogen-bond acceptors (Lipinski definition) is 2. The van der Waals surface area contributed by atoms with Gasteiger partial charge in [0, 0.05) is 0 Å². The Bertz CT molecular complexity index is 104. The standard InChI is InChI=1S/C2HNO2S/c4-1-3-2(5)6/h(H,5,6). The van der Waals surface area contributed by atoms with Crippen molar-refractivity contribution in [3.63, 3.8) is 0 Å². The lowest BCUT2D eigenvalue weighted by Crippen LogP contribution is -1.67. The molecule has 0 rings (SSSR count). The molecule has 0 spiro atoms. The first kappa shape index (κ1) is 5.40. The number of amides is 1. The molecule has 0 aliphatic heterocycles. The summed E-state index contributed by atoms with van der Waals surface area (Å²) in [5, 5.41) is -0.815. The summed E-state index contributed by atoms with van der Waals surface area (Å²) in [6.07, 6.45) is 1.02. The second-order valence-electron chi connectivity index (χ2n) is 0.486. The highest BCUT2D eigenvalue weighted by Crippen LogP contribution is 1.77. The molecular formula is C2HNO2S. The van der Waals surface area contributed by atoms with Crippen LogP contribution in [0.4, 0.5) is 4.79 Å². The topological polar surface area (TPSA) is 46.5 Å². The summed E-state index contributed by atoms with van der Waals surface area (Å²) < 4.78 is 0. The van der Waals surface area contributed by atoms with Crippen LogP contribution in [0.2, 0.25) is 0 Å². The predicted octanol–water partition coefficient (Wildman–Crippen LogP) is 0.372. The van der Waals surface area contributed by atoms with Gasteiger partial charge in [-0.2, -0.15) is 0 Å². The van der Waals surface area contributed by atoms with Gasteiger partial charge in [0.15, 0.2) is 0 Å². The van der Waals surface area contributed by atoms with Crippen molar-refractivity contribution in [2.24, 2.45) is 4.99 Å². The monoisotopic (exact) mass is 103 g/mol. The molecule has 0 N–H and O–H groups in total. The summed E-state index contributed by atoms with van der Waals surface area (Å²) in [6, 6.07) is 0. The van der Waals surface area contributed by atoms with Gasteiger partial charge in [0.1, 0.15) is 0 Å². The molecule has 3 nitrogen and oxygen atoms in total. The van der Waals surface area contributed by atoms with Gasteiger partial charge in [-0.1, -0.05) is 12.6 Å². The lowest BCUT2D eigenvalue weighted by Gasteiger charge is -1.60. The molecule has 0 bridgehead atoms. The molecule has 0 heterocycles. The third-order valence-corrected chi connectivity index (χ3v) is 0.241. The first-order valence-electron chi connectivity index (χ1n) is 1.08. The van der Waals surface area contributed by atoms with Crippen LogP contribution < -0.4 is 0 Å². The van der Waals surface area contributed by atoms with E-state index in [2.05, 4.69) is 17.6 Å². The highest BCUT2D eigenvalue weighted by Gasteiger charge is 1.77. The zero-order chi connectivity index (χ0) is 4.99. The van der Waals surface area contributed by atoms with E-state index in [4.69, 9.17) is 4.79 Å². The summed E-state index contributed by atoms with van der Waals surface area (Å²) in [5.41, 5.74) is 0. The lowest BCUT2D eigenvalue weighted by molar-refractivity contribution is 0.268. The second-order valence-corrected chi connectivity index (χ2v) is 0.868. The Labute approximate surface area is 39.5 Å². The zero-order valence-corrected chi connectivity index (χ0v) is 3.61. The van der Waals surface area contributed by atoms with Gasteiger partial charge >= 0.3 is 5.24 Å². The van der Waals surface area contributed by atoms with Crippen LogP contribution in [0, 0.1) is 0 Å². The Morgan fingerprint density at radius 1 is 1.83 bits per heavy atom. The van der Waals surface area contributed by atoms with Crippen molar-refractivity contribution in [1.82, 2.24) is 0 Å². The molecule has 0 unspecified atom stereocenters. The molecule has 1 amide bonds. The number of isocyanates is 1. The van der Waals surface area contributed by atoms with Crippen LogP contribution in [0.25, 0.3) is 0 Å². The number of rotatable bonds is 0. The quantitative estimate of drug-likeness (QED) is 0.273. The van der Waals surface area contributed by atoms with Crippen molar-refractivity contribution in [2.45, 2.75) is 0 Å². The van der Waals surface area contributed by atoms with Crippen LogP contribution in [-0.4, -0.2) is 11.3 Å². The minimum absolute atomic E-state index is 0.815. The van der Waals surface area contributed by atoms with E-state index in [0.29, 0.717) is 0 Å². The fourth-order valence-corrected chi connectivity index (χ4v) is 0.0799. The number of aliphatic imine (C=N–C) groups is 1. The Morgan fingerprint density at radius 3 is 2.33 bits per heavy atom. The number of thiol groups is 1. The van der Waals surface area contributed by atoms with Gasteiger partial charge in [-0.25, -0.2) is 4.79 Å². The molecule has 4 heteroatoms. The molecule has 0 aromatic carbocycles. The number of hydrogen-bond donors (Lipinski definition) is 1. The van der Waals surface area contributed by atoms with E-state index < -0.39 is 5.24 Å². The predicted molar refractivity (Wildman–Crippen MR) is 22.5 cm³/mol. The van der Waals surface area contributed by atoms with Crippen molar-refractivity contribution in [3.8, 4) is 0 Å². The van der Waals surface area contributed by atoms with Gasteiger partial charge in [0.25, 0.3) is 0 Å². The van der Waals surface area contributed by atoms with E-state index in [1.54, 1.807) is 0 Å². The maximum absolute atomic E-state index is 9.48. The van der Waals surface area contributed by atoms with Crippen molar-refractivity contribution in [2.75, 3.05) is 0 Å². The van der Waals surface area contributed by atoms with E-state index in [1.165, 1.54) is 0 Å². The van der Waals surface area contributed by atoms with Gasteiger partial charge in [0.2, 0.25) is 6.08 Å². The highest BCUT2D eigenvalue weighted by atomic mass is 32.1. The minimum Gasteiger partial charge on any atom is -0.259 e. The van der Waals surface area contributed by atoms with E-state index >= 15 is 0 Å². The average molecular weight is 103 g/mol. The first-order chi connectivity index (χ1) is 2.77. The normalized spacial score (nSPS) is 6.17. The minimum atomic E-state index is -0.815. The maximum Gasteiger partial charge on any atom is 0.312 e. The Hall–Kier alpha value is -0.600. The summed E-state index contributed by atoms with van der Waals surface area (Å²) >= 11 is 3.11. The first-order valence-corrected chi connectivity index (χ1v) is 1.53. The summed E-state index contributed by atoms with van der Waals surface area (Å²) in [4.78, 5) is 21.1. The van der Waals surface area contributed by atoms with E-state index in [1.807, 2.05) is 0 Å². The van der Waals surface area contributed by atoms with E-state index in [9.17, 15) is 4.79 Å². The molecule has 0 radical (unpaired) electrons. The van der Waals surface area contributed by atoms with Crippen LogP contribution in [0.1, 0.15) is 0 Å². The van der Waals surface area contributed by atoms with Crippen LogP contribution in [0.3, 0.4) is 0 Å². The largest absolute Gasteiger partial charge is 0.312 e. The van der Waals surface area contributed by atoms with Crippen LogP contribution in [-0.2, 0) is 4.79 Å². The molecule has 0 aliphatic carbocycles. The summed E-state index contributed by atoms with van der Waals surface area (Å²) in [6.45, 7) is 0. The molecule has 0 aromatic heterocycles. The SMILES string of the molecule is O=C=NC(=O)S. The molecule has 0 fully saturated rings. The number of carbonyl (C=O) groups is 1. The fraction of sp³-hybridized carbons (Fsp3) is 0. The van der Waals surface area contributed by atoms with Crippen molar-refractivity contribution in [1.29, 1.82) is 0 Å². The third kappa shape index (κ3) is 3.40. The number of nitrogens with zero attached hydrogens (tertiary/aromatic N) is 1. The van der Waals surface area contributed by atoms with Gasteiger partial charge in [-0.3, -0.25) is 4.79 Å². The maximum atomic E-state index is 9.48. The molecule has 0 saturated carbocycles. The smallest absolute Gasteiger partial charge is 0.259 e. The molecule has 0 saturated heterocycles. The lowest BCUT2D eigenvalue weighted by atomic mass is 11.3. The summed E-state index contributed by atoms with van der Waals surface area (Å²) in [5.74, 6) is 0. The second kappa shape index (κ2) is 2.63. The van der Waals surface area contributed by atoms with Crippen molar-refractivity contribution in [3.05, 3.63) is 0 Å². The Balaban J connectivity index is 3.60. The molecular weight excluding hydrogens is 102 g/mol. The van der Waals surface area contributed by atoms with Crippen LogP contribution in [0.5, 0.6) is 0 Å². The van der Waals surface area contributed by atoms with Crippen LogP contribution >= 0.6 is 12.6 Å². The van der Waals surface area contributed by atoms with Gasteiger partial charge in [-0.05, 0) is 0 Å². The molecule has 32 valence electrons. The zero-order valence-electron chi connectivity index (χ0n) is 2.71. The van der Waals surface area contributed by atoms with E-state index in [0.717, 1.165) is 6.08 Å². The Morgan fingerprint density at radius 2 is 2.33 bits per heavy atom. The molecule has 0 aromatic rings. The fourth-order valence-electron chi connectivity index (χ4n) is 0.0390. The molecule has 0 aliphatic rings. The van der Waals surface area contributed by atoms with E-state index in [-0.39, 0.29) is 0 Å². The Kier molecular flexibility index (Phi) is 2.36. The average Bonchev–Trinajstić information content (AvgIpc) is 1.35. The van der Waals surface area contributed by atoms with Gasteiger partial charge in [0.05, 0.1) is 0 Å². The molecule has 0 atom stereocenters. The number of carbonyl (C=O) groups excluding carboxylic acids is 2. The molecule has 6 heavy (non-hydrogen) atoms. The van der Waals surface area contributed by atoms with Gasteiger partial charge < -0.3 is 0 Å². The van der Waals surface area contributed by atoms with Crippen molar-refractivity contribution < 1.29 is 9.59 Å². The van der Waals surface area contributed by atoms with Crippen molar-refractivity contribution >= 4 is 23.9 Å². The highest BCUT2D eigenvalue weighted by molar-refractivity contribution is 7.96. The van der Waals surface area contributed by atoms with Gasteiger partial charge in [-0.15, -0.1) is 4.99 Å².